The Hall–Kier alpha value is -2.36. The van der Waals surface area contributed by atoms with Gasteiger partial charge in [-0.2, -0.15) is 5.11 Å². The summed E-state index contributed by atoms with van der Waals surface area (Å²) in [5.41, 5.74) is 8.07. The minimum absolute atomic E-state index is 0.0187. The van der Waals surface area contributed by atoms with Crippen LogP contribution in [0.1, 0.15) is 12.0 Å². The highest BCUT2D eigenvalue weighted by atomic mass is 35.5. The van der Waals surface area contributed by atoms with Crippen LogP contribution in [-0.4, -0.2) is 30.9 Å². The third kappa shape index (κ3) is 5.59. The van der Waals surface area contributed by atoms with Gasteiger partial charge in [0.25, 0.3) is 6.43 Å². The smallest absolute Gasteiger partial charge is 0.265 e. The second-order valence-electron chi connectivity index (χ2n) is 4.91. The standard InChI is InChI=1S/C15H16ClF2N5O2/c16-13-2-1-10(3-12(13)14(17)18)20-6-11(23-19)8-25-15-21-4-9(7-24)5-22-15/h1-6,14-15,19-21,24H,7-8H2/b11-6-,23-19?. The summed E-state index contributed by atoms with van der Waals surface area (Å²) < 4.78 is 31.0. The molecule has 0 spiro atoms. The van der Waals surface area contributed by atoms with E-state index in [1.807, 2.05) is 0 Å². The molecular weight excluding hydrogens is 356 g/mol. The van der Waals surface area contributed by atoms with Gasteiger partial charge in [-0.05, 0) is 18.2 Å². The second kappa shape index (κ2) is 9.21. The minimum atomic E-state index is -2.69. The molecule has 1 aromatic carbocycles. The van der Waals surface area contributed by atoms with Crippen molar-refractivity contribution in [2.45, 2.75) is 12.8 Å². The molecule has 1 unspecified atom stereocenters. The molecule has 0 amide bonds. The Labute approximate surface area is 147 Å². The molecule has 25 heavy (non-hydrogen) atoms. The molecule has 0 bridgehead atoms. The van der Waals surface area contributed by atoms with Gasteiger partial charge >= 0.3 is 0 Å². The molecule has 0 aromatic heterocycles. The molecule has 134 valence electrons. The largest absolute Gasteiger partial charge is 0.392 e. The summed E-state index contributed by atoms with van der Waals surface area (Å²) in [6.45, 7) is -0.175. The van der Waals surface area contributed by atoms with Gasteiger partial charge in [-0.3, -0.25) is 0 Å². The van der Waals surface area contributed by atoms with E-state index in [0.29, 0.717) is 11.3 Å². The van der Waals surface area contributed by atoms with E-state index in [1.165, 1.54) is 30.6 Å². The Morgan fingerprint density at radius 2 is 2.36 bits per heavy atom. The molecule has 1 aliphatic rings. The molecule has 0 radical (unpaired) electrons. The van der Waals surface area contributed by atoms with Gasteiger partial charge in [-0.25, -0.2) is 19.3 Å². The van der Waals surface area contributed by atoms with Crippen LogP contribution < -0.4 is 10.6 Å². The number of nitrogens with one attached hydrogen (secondary N) is 3. The fourth-order valence-corrected chi connectivity index (χ4v) is 2.04. The first-order valence-electron chi connectivity index (χ1n) is 7.15. The van der Waals surface area contributed by atoms with Crippen LogP contribution in [0.2, 0.25) is 5.02 Å². The highest BCUT2D eigenvalue weighted by molar-refractivity contribution is 6.31. The molecular formula is C15H16ClF2N5O2. The first kappa shape index (κ1) is 19.0. The number of rotatable bonds is 8. The van der Waals surface area contributed by atoms with Crippen molar-refractivity contribution in [2.75, 3.05) is 18.5 Å². The van der Waals surface area contributed by atoms with Gasteiger partial charge in [-0.1, -0.05) is 11.6 Å². The second-order valence-corrected chi connectivity index (χ2v) is 5.32. The molecule has 1 heterocycles. The maximum atomic E-state index is 12.8. The molecule has 1 aliphatic heterocycles. The summed E-state index contributed by atoms with van der Waals surface area (Å²) in [4.78, 5) is 4.01. The molecule has 7 nitrogen and oxygen atoms in total. The molecule has 4 N–H and O–H groups in total. The number of benzene rings is 1. The predicted molar refractivity (Wildman–Crippen MR) is 89.8 cm³/mol. The lowest BCUT2D eigenvalue weighted by molar-refractivity contribution is 0.0596. The zero-order valence-corrected chi connectivity index (χ0v) is 13.7. The minimum Gasteiger partial charge on any atom is -0.392 e. The van der Waals surface area contributed by atoms with Crippen LogP contribution in [0.4, 0.5) is 14.5 Å². The number of nitrogens with zero attached hydrogens (tertiary/aromatic N) is 2. The molecule has 0 aliphatic carbocycles. The van der Waals surface area contributed by atoms with E-state index in [1.54, 1.807) is 6.20 Å². The number of hydrogen-bond acceptors (Lipinski definition) is 7. The molecule has 10 heteroatoms. The molecule has 0 saturated heterocycles. The van der Waals surface area contributed by atoms with Gasteiger partial charge in [0.2, 0.25) is 6.35 Å². The van der Waals surface area contributed by atoms with E-state index in [9.17, 15) is 8.78 Å². The van der Waals surface area contributed by atoms with Crippen LogP contribution in [0, 0.1) is 5.53 Å². The fraction of sp³-hybridized carbons (Fsp3) is 0.267. The van der Waals surface area contributed by atoms with Gasteiger partial charge in [0.15, 0.2) is 0 Å². The highest BCUT2D eigenvalue weighted by Crippen LogP contribution is 2.29. The fourth-order valence-electron chi connectivity index (χ4n) is 1.84. The molecule has 1 aromatic rings. The van der Waals surface area contributed by atoms with Crippen LogP contribution in [0.3, 0.4) is 0 Å². The average Bonchev–Trinajstić information content (AvgIpc) is 2.63. The first-order chi connectivity index (χ1) is 12.0. The summed E-state index contributed by atoms with van der Waals surface area (Å²) in [5.74, 6) is 0. The van der Waals surface area contributed by atoms with E-state index < -0.39 is 12.8 Å². The Kier molecular flexibility index (Phi) is 6.99. The molecule has 1 atom stereocenters. The zero-order chi connectivity index (χ0) is 18.2. The van der Waals surface area contributed by atoms with E-state index in [-0.39, 0.29) is 29.5 Å². The number of anilines is 1. The lowest BCUT2D eigenvalue weighted by Crippen LogP contribution is -2.30. The summed E-state index contributed by atoms with van der Waals surface area (Å²) in [7, 11) is 0. The van der Waals surface area contributed by atoms with Crippen molar-refractivity contribution in [2.24, 2.45) is 10.1 Å². The van der Waals surface area contributed by atoms with E-state index in [0.717, 1.165) is 0 Å². The number of hydrogen-bond donors (Lipinski definition) is 4. The summed E-state index contributed by atoms with van der Waals surface area (Å²) in [6, 6.07) is 4.11. The Morgan fingerprint density at radius 1 is 1.56 bits per heavy atom. The zero-order valence-electron chi connectivity index (χ0n) is 12.9. The van der Waals surface area contributed by atoms with Crippen LogP contribution in [-0.2, 0) is 4.74 Å². The Balaban J connectivity index is 1.93. The monoisotopic (exact) mass is 371 g/mol. The van der Waals surface area contributed by atoms with Crippen molar-refractivity contribution in [1.29, 1.82) is 5.53 Å². The predicted octanol–water partition coefficient (Wildman–Crippen LogP) is 3.41. The number of alkyl halides is 2. The van der Waals surface area contributed by atoms with E-state index in [2.05, 4.69) is 20.7 Å². The van der Waals surface area contributed by atoms with Crippen LogP contribution in [0.5, 0.6) is 0 Å². The Bertz CT molecular complexity index is 709. The summed E-state index contributed by atoms with van der Waals surface area (Å²) in [5, 5.41) is 17.8. The number of ether oxygens (including phenoxy) is 1. The first-order valence-corrected chi connectivity index (χ1v) is 7.52. The van der Waals surface area contributed by atoms with Crippen molar-refractivity contribution < 1.29 is 18.6 Å². The lowest BCUT2D eigenvalue weighted by atomic mass is 10.2. The van der Waals surface area contributed by atoms with Gasteiger partial charge in [-0.15, -0.1) is 0 Å². The van der Waals surface area contributed by atoms with Crippen LogP contribution >= 0.6 is 11.6 Å². The van der Waals surface area contributed by atoms with Crippen molar-refractivity contribution in [3.05, 3.63) is 52.5 Å². The normalized spacial score (nSPS) is 17.2. The van der Waals surface area contributed by atoms with Crippen LogP contribution in [0.15, 0.2) is 52.0 Å². The molecule has 2 rings (SSSR count). The summed E-state index contributed by atoms with van der Waals surface area (Å²) >= 11 is 5.71. The van der Waals surface area contributed by atoms with Crippen molar-refractivity contribution in [3.63, 3.8) is 0 Å². The third-order valence-corrected chi connectivity index (χ3v) is 3.48. The Morgan fingerprint density at radius 3 is 2.96 bits per heavy atom. The maximum Gasteiger partial charge on any atom is 0.265 e. The van der Waals surface area contributed by atoms with Gasteiger partial charge in [0.1, 0.15) is 5.70 Å². The topological polar surface area (TPSA) is 102 Å². The van der Waals surface area contributed by atoms with Crippen molar-refractivity contribution in [3.8, 4) is 0 Å². The lowest BCUT2D eigenvalue weighted by Gasteiger charge is -2.17. The number of aliphatic hydroxyl groups excluding tert-OH is 1. The number of aliphatic imine (C=N–C) groups is 1. The van der Waals surface area contributed by atoms with Gasteiger partial charge in [0, 0.05) is 40.5 Å². The molecule has 0 fully saturated rings. The highest BCUT2D eigenvalue weighted by Gasteiger charge is 2.12. The SMILES string of the molecule is N=N/C(=C\Nc1ccc(Cl)c(C(F)F)c1)COC1N=CC(CO)=CN1. The third-order valence-electron chi connectivity index (χ3n) is 3.14. The average molecular weight is 372 g/mol. The van der Waals surface area contributed by atoms with Gasteiger partial charge in [0.05, 0.1) is 13.2 Å². The molecule has 0 saturated carbocycles. The van der Waals surface area contributed by atoms with E-state index >= 15 is 0 Å². The number of aliphatic hydroxyl groups is 1. The van der Waals surface area contributed by atoms with Crippen molar-refractivity contribution >= 4 is 23.5 Å². The quantitative estimate of drug-likeness (QED) is 0.526. The van der Waals surface area contributed by atoms with E-state index in [4.69, 9.17) is 27.0 Å². The van der Waals surface area contributed by atoms with Crippen LogP contribution in [0.25, 0.3) is 0 Å². The maximum absolute atomic E-state index is 12.8. The summed E-state index contributed by atoms with van der Waals surface area (Å²) in [6.07, 6.45) is 1.06. The van der Waals surface area contributed by atoms with Crippen molar-refractivity contribution in [1.82, 2.24) is 5.32 Å². The van der Waals surface area contributed by atoms with Gasteiger partial charge < -0.3 is 20.5 Å². The number of halogens is 3.